The zero-order valence-corrected chi connectivity index (χ0v) is 9.58. The molecule has 0 aliphatic carbocycles. The summed E-state index contributed by atoms with van der Waals surface area (Å²) < 4.78 is 13.3. The van der Waals surface area contributed by atoms with Crippen LogP contribution < -0.4 is 5.73 Å². The lowest BCUT2D eigenvalue weighted by molar-refractivity contribution is 0.0970. The van der Waals surface area contributed by atoms with E-state index in [0.717, 1.165) is 12.8 Å². The van der Waals surface area contributed by atoms with E-state index in [-0.39, 0.29) is 11.3 Å². The maximum absolute atomic E-state index is 13.3. The second-order valence-corrected chi connectivity index (χ2v) is 4.12. The Morgan fingerprint density at radius 2 is 2.06 bits per heavy atom. The normalized spacial score (nSPS) is 12.4. The van der Waals surface area contributed by atoms with Crippen LogP contribution >= 0.6 is 0 Å². The standard InChI is InChI=1S/C13H18FNO/c1-10(8-9-15)6-7-13(16)11-4-2-3-5-12(11)14/h2-5,10H,6-9,15H2,1H3. The number of carbonyl (C=O) groups excluding carboxylic acids is 1. The fourth-order valence-electron chi connectivity index (χ4n) is 1.63. The van der Waals surface area contributed by atoms with Crippen molar-refractivity contribution in [2.45, 2.75) is 26.2 Å². The van der Waals surface area contributed by atoms with E-state index in [1.165, 1.54) is 12.1 Å². The van der Waals surface area contributed by atoms with Crippen LogP contribution in [0.2, 0.25) is 0 Å². The van der Waals surface area contributed by atoms with Crippen molar-refractivity contribution in [3.05, 3.63) is 35.6 Å². The molecule has 2 N–H and O–H groups in total. The highest BCUT2D eigenvalue weighted by molar-refractivity contribution is 5.96. The van der Waals surface area contributed by atoms with Crippen LogP contribution in [-0.2, 0) is 0 Å². The highest BCUT2D eigenvalue weighted by atomic mass is 19.1. The summed E-state index contributed by atoms with van der Waals surface area (Å²) >= 11 is 0. The van der Waals surface area contributed by atoms with Gasteiger partial charge in [0.2, 0.25) is 0 Å². The third kappa shape index (κ3) is 3.74. The van der Waals surface area contributed by atoms with Gasteiger partial charge in [-0.25, -0.2) is 4.39 Å². The highest BCUT2D eigenvalue weighted by Gasteiger charge is 2.12. The summed E-state index contributed by atoms with van der Waals surface area (Å²) in [4.78, 5) is 11.7. The number of ketones is 1. The molecule has 0 aliphatic heterocycles. The van der Waals surface area contributed by atoms with E-state index in [2.05, 4.69) is 6.92 Å². The first-order valence-corrected chi connectivity index (χ1v) is 5.63. The lowest BCUT2D eigenvalue weighted by Gasteiger charge is -2.09. The van der Waals surface area contributed by atoms with E-state index in [4.69, 9.17) is 5.73 Å². The van der Waals surface area contributed by atoms with Crippen molar-refractivity contribution in [1.29, 1.82) is 0 Å². The van der Waals surface area contributed by atoms with Crippen LogP contribution in [-0.4, -0.2) is 12.3 Å². The highest BCUT2D eigenvalue weighted by Crippen LogP contribution is 2.14. The van der Waals surface area contributed by atoms with Crippen LogP contribution in [0.5, 0.6) is 0 Å². The van der Waals surface area contributed by atoms with Crippen LogP contribution in [0.3, 0.4) is 0 Å². The van der Waals surface area contributed by atoms with Gasteiger partial charge in [-0.05, 0) is 37.4 Å². The van der Waals surface area contributed by atoms with Crippen LogP contribution in [0.4, 0.5) is 4.39 Å². The quantitative estimate of drug-likeness (QED) is 0.753. The minimum absolute atomic E-state index is 0.123. The number of nitrogens with two attached hydrogens (primary N) is 1. The Labute approximate surface area is 95.7 Å². The second kappa shape index (κ2) is 6.38. The molecular formula is C13H18FNO. The topological polar surface area (TPSA) is 43.1 Å². The molecule has 0 aromatic heterocycles. The van der Waals surface area contributed by atoms with Crippen LogP contribution in [0.15, 0.2) is 24.3 Å². The van der Waals surface area contributed by atoms with E-state index in [1.54, 1.807) is 12.1 Å². The molecule has 0 radical (unpaired) electrons. The average molecular weight is 223 g/mol. The molecule has 2 nitrogen and oxygen atoms in total. The maximum Gasteiger partial charge on any atom is 0.165 e. The van der Waals surface area contributed by atoms with Crippen LogP contribution in [0.1, 0.15) is 36.5 Å². The Morgan fingerprint density at radius 1 is 1.38 bits per heavy atom. The van der Waals surface area contributed by atoms with E-state index < -0.39 is 5.82 Å². The molecule has 88 valence electrons. The zero-order chi connectivity index (χ0) is 12.0. The Bertz CT molecular complexity index is 352. The molecular weight excluding hydrogens is 205 g/mol. The van der Waals surface area contributed by atoms with Gasteiger partial charge >= 0.3 is 0 Å². The number of hydrogen-bond acceptors (Lipinski definition) is 2. The molecule has 0 aliphatic rings. The molecule has 1 aromatic rings. The van der Waals surface area contributed by atoms with Crippen LogP contribution in [0.25, 0.3) is 0 Å². The fourth-order valence-corrected chi connectivity index (χ4v) is 1.63. The Hall–Kier alpha value is -1.22. The van der Waals surface area contributed by atoms with Gasteiger partial charge in [-0.1, -0.05) is 19.1 Å². The molecule has 1 aromatic carbocycles. The van der Waals surface area contributed by atoms with Gasteiger partial charge in [-0.3, -0.25) is 4.79 Å². The Kier molecular flexibility index (Phi) is 5.12. The zero-order valence-electron chi connectivity index (χ0n) is 9.58. The molecule has 0 saturated carbocycles. The molecule has 0 heterocycles. The average Bonchev–Trinajstić information content (AvgIpc) is 2.27. The molecule has 16 heavy (non-hydrogen) atoms. The SMILES string of the molecule is CC(CCN)CCC(=O)c1ccccc1F. The Morgan fingerprint density at radius 3 is 2.69 bits per heavy atom. The summed E-state index contributed by atoms with van der Waals surface area (Å²) in [5.41, 5.74) is 5.62. The molecule has 1 unspecified atom stereocenters. The smallest absolute Gasteiger partial charge is 0.165 e. The predicted octanol–water partition coefficient (Wildman–Crippen LogP) is 2.77. The minimum atomic E-state index is -0.432. The fraction of sp³-hybridized carbons (Fsp3) is 0.462. The van der Waals surface area contributed by atoms with Crippen molar-refractivity contribution in [2.75, 3.05) is 6.54 Å². The van der Waals surface area contributed by atoms with Gasteiger partial charge in [-0.2, -0.15) is 0 Å². The van der Waals surface area contributed by atoms with Crippen molar-refractivity contribution in [2.24, 2.45) is 11.7 Å². The van der Waals surface area contributed by atoms with Gasteiger partial charge in [0, 0.05) is 6.42 Å². The van der Waals surface area contributed by atoms with Gasteiger partial charge < -0.3 is 5.73 Å². The van der Waals surface area contributed by atoms with E-state index >= 15 is 0 Å². The van der Waals surface area contributed by atoms with Crippen molar-refractivity contribution in [3.63, 3.8) is 0 Å². The lowest BCUT2D eigenvalue weighted by Crippen LogP contribution is -2.09. The molecule has 1 atom stereocenters. The molecule has 0 fully saturated rings. The summed E-state index contributed by atoms with van der Waals surface area (Å²) in [6, 6.07) is 6.12. The van der Waals surface area contributed by atoms with Gasteiger partial charge in [0.15, 0.2) is 5.78 Å². The molecule has 1 rings (SSSR count). The summed E-state index contributed by atoms with van der Waals surface area (Å²) in [5.74, 6) is -0.137. The van der Waals surface area contributed by atoms with Crippen LogP contribution in [0, 0.1) is 11.7 Å². The first kappa shape index (κ1) is 12.8. The van der Waals surface area contributed by atoms with Gasteiger partial charge in [0.05, 0.1) is 5.56 Å². The molecule has 0 saturated heterocycles. The van der Waals surface area contributed by atoms with Crippen molar-refractivity contribution in [3.8, 4) is 0 Å². The third-order valence-electron chi connectivity index (χ3n) is 2.70. The molecule has 0 bridgehead atoms. The summed E-state index contributed by atoms with van der Waals surface area (Å²) in [5, 5.41) is 0. The monoisotopic (exact) mass is 223 g/mol. The molecule has 0 amide bonds. The number of rotatable bonds is 6. The second-order valence-electron chi connectivity index (χ2n) is 4.12. The minimum Gasteiger partial charge on any atom is -0.330 e. The number of halogens is 1. The van der Waals surface area contributed by atoms with Gasteiger partial charge in [0.1, 0.15) is 5.82 Å². The van der Waals surface area contributed by atoms with E-state index in [1.807, 2.05) is 0 Å². The molecule has 0 spiro atoms. The van der Waals surface area contributed by atoms with E-state index in [0.29, 0.717) is 18.9 Å². The number of Topliss-reactive ketones (excluding diaryl/α,β-unsaturated/α-hetero) is 1. The third-order valence-corrected chi connectivity index (χ3v) is 2.70. The first-order valence-electron chi connectivity index (χ1n) is 5.63. The summed E-state index contributed by atoms with van der Waals surface area (Å²) in [6.45, 7) is 2.69. The summed E-state index contributed by atoms with van der Waals surface area (Å²) in [6.07, 6.45) is 2.07. The van der Waals surface area contributed by atoms with Crippen molar-refractivity contribution < 1.29 is 9.18 Å². The maximum atomic E-state index is 13.3. The number of hydrogen-bond donors (Lipinski definition) is 1. The first-order chi connectivity index (χ1) is 7.65. The summed E-state index contributed by atoms with van der Waals surface area (Å²) in [7, 11) is 0. The molecule has 3 heteroatoms. The largest absolute Gasteiger partial charge is 0.330 e. The van der Waals surface area contributed by atoms with E-state index in [9.17, 15) is 9.18 Å². The van der Waals surface area contributed by atoms with Gasteiger partial charge in [0.25, 0.3) is 0 Å². The predicted molar refractivity (Wildman–Crippen MR) is 62.8 cm³/mol. The van der Waals surface area contributed by atoms with Crippen molar-refractivity contribution in [1.82, 2.24) is 0 Å². The number of carbonyl (C=O) groups is 1. The van der Waals surface area contributed by atoms with Crippen molar-refractivity contribution >= 4 is 5.78 Å². The Balaban J connectivity index is 2.50. The number of benzene rings is 1. The lowest BCUT2D eigenvalue weighted by atomic mass is 9.97. The van der Waals surface area contributed by atoms with Gasteiger partial charge in [-0.15, -0.1) is 0 Å².